The van der Waals surface area contributed by atoms with E-state index in [0.717, 1.165) is 0 Å². The SMILES string of the molecule is O=C1CNC(C(=O)NC2CNC(=O)C2)CN1. The van der Waals surface area contributed by atoms with Gasteiger partial charge in [0.25, 0.3) is 0 Å². The maximum Gasteiger partial charge on any atom is 0.239 e. The van der Waals surface area contributed by atoms with Gasteiger partial charge in [-0.25, -0.2) is 0 Å². The lowest BCUT2D eigenvalue weighted by Crippen LogP contribution is -2.59. The first-order valence-electron chi connectivity index (χ1n) is 5.22. The van der Waals surface area contributed by atoms with Crippen molar-refractivity contribution in [3.63, 3.8) is 0 Å². The predicted octanol–water partition coefficient (Wildman–Crippen LogP) is -2.92. The third-order valence-electron chi connectivity index (χ3n) is 2.65. The van der Waals surface area contributed by atoms with Crippen LogP contribution in [0.1, 0.15) is 6.42 Å². The quantitative estimate of drug-likeness (QED) is 0.405. The maximum absolute atomic E-state index is 11.7. The summed E-state index contributed by atoms with van der Waals surface area (Å²) in [6.07, 6.45) is 0.324. The van der Waals surface area contributed by atoms with Gasteiger partial charge in [-0.05, 0) is 0 Å². The van der Waals surface area contributed by atoms with Crippen molar-refractivity contribution in [2.75, 3.05) is 19.6 Å². The molecule has 0 saturated carbocycles. The first kappa shape index (κ1) is 10.9. The molecule has 0 bridgehead atoms. The summed E-state index contributed by atoms with van der Waals surface area (Å²) < 4.78 is 0. The van der Waals surface area contributed by atoms with Gasteiger partial charge < -0.3 is 16.0 Å². The number of carbonyl (C=O) groups excluding carboxylic acids is 3. The molecule has 0 aromatic carbocycles. The van der Waals surface area contributed by atoms with Crippen molar-refractivity contribution in [2.45, 2.75) is 18.5 Å². The minimum Gasteiger partial charge on any atom is -0.354 e. The molecule has 0 radical (unpaired) electrons. The number of nitrogens with one attached hydrogen (secondary N) is 4. The van der Waals surface area contributed by atoms with Gasteiger partial charge in [-0.15, -0.1) is 0 Å². The lowest BCUT2D eigenvalue weighted by atomic mass is 10.2. The molecule has 2 unspecified atom stereocenters. The maximum atomic E-state index is 11.7. The molecule has 2 rings (SSSR count). The molecule has 2 saturated heterocycles. The fourth-order valence-corrected chi connectivity index (χ4v) is 1.76. The molecule has 0 aromatic heterocycles. The second-order valence-corrected chi connectivity index (χ2v) is 3.95. The van der Waals surface area contributed by atoms with Crippen molar-refractivity contribution in [2.24, 2.45) is 0 Å². The summed E-state index contributed by atoms with van der Waals surface area (Å²) in [7, 11) is 0. The zero-order valence-electron chi connectivity index (χ0n) is 8.71. The van der Waals surface area contributed by atoms with Crippen molar-refractivity contribution in [1.82, 2.24) is 21.3 Å². The Kier molecular flexibility index (Phi) is 3.04. The zero-order chi connectivity index (χ0) is 11.5. The Balaban J connectivity index is 1.79. The Hall–Kier alpha value is -1.63. The number of hydrogen-bond acceptors (Lipinski definition) is 4. The summed E-state index contributed by atoms with van der Waals surface area (Å²) >= 11 is 0. The van der Waals surface area contributed by atoms with E-state index in [4.69, 9.17) is 0 Å². The highest BCUT2D eigenvalue weighted by Crippen LogP contribution is 2.00. The van der Waals surface area contributed by atoms with Crippen LogP contribution in [0, 0.1) is 0 Å². The summed E-state index contributed by atoms with van der Waals surface area (Å²) in [6, 6.07) is -0.548. The molecule has 2 atom stereocenters. The summed E-state index contributed by atoms with van der Waals surface area (Å²) in [6.45, 7) is 0.919. The van der Waals surface area contributed by atoms with Gasteiger partial charge >= 0.3 is 0 Å². The highest BCUT2D eigenvalue weighted by atomic mass is 16.2. The highest BCUT2D eigenvalue weighted by molar-refractivity contribution is 5.88. The van der Waals surface area contributed by atoms with Crippen LogP contribution in [-0.2, 0) is 14.4 Å². The first-order valence-corrected chi connectivity index (χ1v) is 5.22. The largest absolute Gasteiger partial charge is 0.354 e. The van der Waals surface area contributed by atoms with Gasteiger partial charge in [-0.2, -0.15) is 0 Å². The zero-order valence-corrected chi connectivity index (χ0v) is 8.71. The van der Waals surface area contributed by atoms with Gasteiger partial charge in [-0.1, -0.05) is 0 Å². The number of piperazine rings is 1. The van der Waals surface area contributed by atoms with Crippen LogP contribution in [0.4, 0.5) is 0 Å². The van der Waals surface area contributed by atoms with Crippen LogP contribution >= 0.6 is 0 Å². The average molecular weight is 226 g/mol. The van der Waals surface area contributed by atoms with Crippen LogP contribution in [0.25, 0.3) is 0 Å². The Morgan fingerprint density at radius 1 is 1.19 bits per heavy atom. The molecule has 2 aliphatic heterocycles. The topological polar surface area (TPSA) is 99.3 Å². The second-order valence-electron chi connectivity index (χ2n) is 3.95. The van der Waals surface area contributed by atoms with Crippen LogP contribution in [0.2, 0.25) is 0 Å². The van der Waals surface area contributed by atoms with Crippen LogP contribution in [0.15, 0.2) is 0 Å². The van der Waals surface area contributed by atoms with Crippen molar-refractivity contribution >= 4 is 17.7 Å². The lowest BCUT2D eigenvalue weighted by molar-refractivity contribution is -0.126. The molecule has 7 heteroatoms. The molecular weight excluding hydrogens is 212 g/mol. The standard InChI is InChI=1S/C9H14N4O3/c14-7-1-5(2-11-7)13-9(16)6-3-12-8(15)4-10-6/h5-6,10H,1-4H2,(H,11,14)(H,12,15)(H,13,16). The second kappa shape index (κ2) is 4.48. The van der Waals surface area contributed by atoms with Gasteiger partial charge in [0.2, 0.25) is 17.7 Å². The predicted molar refractivity (Wildman–Crippen MR) is 54.4 cm³/mol. The molecule has 2 aliphatic rings. The fourth-order valence-electron chi connectivity index (χ4n) is 1.76. The van der Waals surface area contributed by atoms with Crippen LogP contribution in [0.5, 0.6) is 0 Å². The van der Waals surface area contributed by atoms with Gasteiger partial charge in [0.15, 0.2) is 0 Å². The van der Waals surface area contributed by atoms with E-state index in [1.54, 1.807) is 0 Å². The van der Waals surface area contributed by atoms with Crippen molar-refractivity contribution < 1.29 is 14.4 Å². The van der Waals surface area contributed by atoms with Crippen LogP contribution < -0.4 is 21.3 Å². The molecule has 88 valence electrons. The van der Waals surface area contributed by atoms with E-state index in [0.29, 0.717) is 19.5 Å². The number of hydrogen-bond donors (Lipinski definition) is 4. The molecule has 0 aliphatic carbocycles. The highest BCUT2D eigenvalue weighted by Gasteiger charge is 2.28. The molecule has 7 nitrogen and oxygen atoms in total. The number of rotatable bonds is 2. The van der Waals surface area contributed by atoms with Gasteiger partial charge in [-0.3, -0.25) is 19.7 Å². The minimum absolute atomic E-state index is 0.0461. The Morgan fingerprint density at radius 2 is 1.94 bits per heavy atom. The van der Waals surface area contributed by atoms with E-state index in [1.807, 2.05) is 0 Å². The lowest BCUT2D eigenvalue weighted by Gasteiger charge is -2.24. The molecule has 0 aromatic rings. The Bertz CT molecular complexity index is 321. The molecule has 16 heavy (non-hydrogen) atoms. The average Bonchev–Trinajstić information content (AvgIpc) is 2.65. The molecule has 2 heterocycles. The minimum atomic E-state index is -0.409. The Labute approximate surface area is 92.3 Å². The summed E-state index contributed by atoms with van der Waals surface area (Å²) in [5, 5.41) is 10.8. The van der Waals surface area contributed by atoms with E-state index in [2.05, 4.69) is 21.3 Å². The number of carbonyl (C=O) groups is 3. The smallest absolute Gasteiger partial charge is 0.239 e. The van der Waals surface area contributed by atoms with E-state index in [-0.39, 0.29) is 30.3 Å². The normalized spacial score (nSPS) is 29.5. The molecular formula is C9H14N4O3. The van der Waals surface area contributed by atoms with Crippen molar-refractivity contribution in [1.29, 1.82) is 0 Å². The van der Waals surface area contributed by atoms with Crippen molar-refractivity contribution in [3.8, 4) is 0 Å². The van der Waals surface area contributed by atoms with E-state index >= 15 is 0 Å². The van der Waals surface area contributed by atoms with Gasteiger partial charge in [0.05, 0.1) is 12.6 Å². The van der Waals surface area contributed by atoms with E-state index < -0.39 is 6.04 Å². The third kappa shape index (κ3) is 2.48. The van der Waals surface area contributed by atoms with Gasteiger partial charge in [0, 0.05) is 19.5 Å². The molecule has 0 spiro atoms. The fraction of sp³-hybridized carbons (Fsp3) is 0.667. The summed E-state index contributed by atoms with van der Waals surface area (Å²) in [5.74, 6) is -0.335. The van der Waals surface area contributed by atoms with Crippen LogP contribution in [-0.4, -0.2) is 49.4 Å². The van der Waals surface area contributed by atoms with E-state index in [1.165, 1.54) is 0 Å². The van der Waals surface area contributed by atoms with Crippen LogP contribution in [0.3, 0.4) is 0 Å². The third-order valence-corrected chi connectivity index (χ3v) is 2.65. The number of amides is 3. The molecule has 2 fully saturated rings. The van der Waals surface area contributed by atoms with E-state index in [9.17, 15) is 14.4 Å². The summed E-state index contributed by atoms with van der Waals surface area (Å²) in [5.41, 5.74) is 0. The molecule has 3 amide bonds. The molecule has 4 N–H and O–H groups in total. The summed E-state index contributed by atoms with van der Waals surface area (Å²) in [4.78, 5) is 33.5. The Morgan fingerprint density at radius 3 is 2.50 bits per heavy atom. The van der Waals surface area contributed by atoms with Gasteiger partial charge in [0.1, 0.15) is 6.04 Å². The van der Waals surface area contributed by atoms with Crippen molar-refractivity contribution in [3.05, 3.63) is 0 Å². The first-order chi connectivity index (χ1) is 7.65. The monoisotopic (exact) mass is 226 g/mol.